The van der Waals surface area contributed by atoms with Gasteiger partial charge < -0.3 is 4.90 Å². The van der Waals surface area contributed by atoms with Gasteiger partial charge in [0.25, 0.3) is 0 Å². The monoisotopic (exact) mass is 231 g/mol. The predicted octanol–water partition coefficient (Wildman–Crippen LogP) is 1.16. The van der Waals surface area contributed by atoms with Crippen molar-refractivity contribution in [3.63, 3.8) is 0 Å². The Morgan fingerprint density at radius 3 is 2.53 bits per heavy atom. The minimum absolute atomic E-state index is 0.00343. The maximum atomic E-state index is 12.8. The van der Waals surface area contributed by atoms with Gasteiger partial charge in [0.05, 0.1) is 10.6 Å². The Bertz CT molecular complexity index is 429. The molecule has 3 nitrogen and oxygen atoms in total. The molecule has 0 atom stereocenters. The van der Waals surface area contributed by atoms with Crippen LogP contribution in [0.5, 0.6) is 0 Å². The van der Waals surface area contributed by atoms with Crippen molar-refractivity contribution in [3.05, 3.63) is 30.1 Å². The first-order chi connectivity index (χ1) is 6.92. The highest BCUT2D eigenvalue weighted by molar-refractivity contribution is 7.91. The summed E-state index contributed by atoms with van der Waals surface area (Å²) >= 11 is 0. The van der Waals surface area contributed by atoms with E-state index in [0.717, 1.165) is 6.07 Å². The summed E-state index contributed by atoms with van der Waals surface area (Å²) in [6.45, 7) is 0.429. The molecule has 1 aromatic rings. The molecule has 0 aliphatic heterocycles. The van der Waals surface area contributed by atoms with Crippen LogP contribution in [0, 0.1) is 5.82 Å². The Balaban J connectivity index is 2.87. The van der Waals surface area contributed by atoms with E-state index in [-0.39, 0.29) is 10.6 Å². The van der Waals surface area contributed by atoms with Crippen LogP contribution in [-0.4, -0.2) is 39.7 Å². The van der Waals surface area contributed by atoms with Crippen LogP contribution < -0.4 is 0 Å². The molecule has 5 heteroatoms. The van der Waals surface area contributed by atoms with Gasteiger partial charge in [-0.1, -0.05) is 6.07 Å². The second-order valence-corrected chi connectivity index (χ2v) is 5.69. The molecule has 0 fully saturated rings. The third-order valence-corrected chi connectivity index (χ3v) is 3.65. The molecule has 0 radical (unpaired) electrons. The third-order valence-electron chi connectivity index (χ3n) is 1.96. The fourth-order valence-electron chi connectivity index (χ4n) is 1.08. The standard InChI is InChI=1S/C10H14FNO2S/c1-12(2)6-7-15(13,14)10-5-3-4-9(11)8-10/h3-5,8H,6-7H2,1-2H3. The maximum absolute atomic E-state index is 12.8. The van der Waals surface area contributed by atoms with Gasteiger partial charge in [-0.3, -0.25) is 0 Å². The number of benzene rings is 1. The summed E-state index contributed by atoms with van der Waals surface area (Å²) in [5, 5.41) is 0. The van der Waals surface area contributed by atoms with Gasteiger partial charge in [0, 0.05) is 6.54 Å². The van der Waals surface area contributed by atoms with Crippen LogP contribution in [0.15, 0.2) is 29.2 Å². The van der Waals surface area contributed by atoms with Crippen molar-refractivity contribution in [3.8, 4) is 0 Å². The summed E-state index contributed by atoms with van der Waals surface area (Å²) in [5.74, 6) is -0.523. The van der Waals surface area contributed by atoms with E-state index in [4.69, 9.17) is 0 Å². The van der Waals surface area contributed by atoms with E-state index < -0.39 is 15.7 Å². The molecule has 0 heterocycles. The van der Waals surface area contributed by atoms with Gasteiger partial charge in [0.15, 0.2) is 9.84 Å². The number of nitrogens with zero attached hydrogens (tertiary/aromatic N) is 1. The summed E-state index contributed by atoms with van der Waals surface area (Å²) in [7, 11) is 0.226. The van der Waals surface area contributed by atoms with E-state index in [0.29, 0.717) is 6.54 Å². The van der Waals surface area contributed by atoms with Gasteiger partial charge in [-0.05, 0) is 32.3 Å². The quantitative estimate of drug-likeness (QED) is 0.780. The number of hydrogen-bond donors (Lipinski definition) is 0. The average molecular weight is 231 g/mol. The molecule has 0 aliphatic carbocycles. The van der Waals surface area contributed by atoms with Gasteiger partial charge in [-0.2, -0.15) is 0 Å². The zero-order chi connectivity index (χ0) is 11.5. The summed E-state index contributed by atoms with van der Waals surface area (Å²) in [4.78, 5) is 1.82. The molecule has 0 spiro atoms. The average Bonchev–Trinajstić information content (AvgIpc) is 2.15. The van der Waals surface area contributed by atoms with Gasteiger partial charge in [0.1, 0.15) is 5.82 Å². The van der Waals surface area contributed by atoms with Crippen molar-refractivity contribution in [1.82, 2.24) is 4.90 Å². The molecule has 0 aromatic heterocycles. The summed E-state index contributed by atoms with van der Waals surface area (Å²) in [6.07, 6.45) is 0. The molecule has 0 aliphatic rings. The highest BCUT2D eigenvalue weighted by Gasteiger charge is 2.14. The van der Waals surface area contributed by atoms with E-state index in [1.807, 2.05) is 0 Å². The van der Waals surface area contributed by atoms with Crippen LogP contribution in [0.2, 0.25) is 0 Å². The van der Waals surface area contributed by atoms with E-state index in [2.05, 4.69) is 0 Å². The normalized spacial score (nSPS) is 12.0. The molecule has 0 unspecified atom stereocenters. The molecule has 15 heavy (non-hydrogen) atoms. The topological polar surface area (TPSA) is 37.4 Å². The van der Waals surface area contributed by atoms with Crippen LogP contribution in [-0.2, 0) is 9.84 Å². The highest BCUT2D eigenvalue weighted by atomic mass is 32.2. The lowest BCUT2D eigenvalue weighted by molar-refractivity contribution is 0.432. The van der Waals surface area contributed by atoms with Crippen molar-refractivity contribution in [2.24, 2.45) is 0 Å². The van der Waals surface area contributed by atoms with Gasteiger partial charge >= 0.3 is 0 Å². The molecule has 0 amide bonds. The minimum Gasteiger partial charge on any atom is -0.308 e. The molecule has 0 saturated carbocycles. The molecular weight excluding hydrogens is 217 g/mol. The maximum Gasteiger partial charge on any atom is 0.179 e. The zero-order valence-corrected chi connectivity index (χ0v) is 9.59. The van der Waals surface area contributed by atoms with Crippen molar-refractivity contribution in [2.45, 2.75) is 4.90 Å². The second-order valence-electron chi connectivity index (χ2n) is 3.58. The van der Waals surface area contributed by atoms with E-state index in [9.17, 15) is 12.8 Å². The van der Waals surface area contributed by atoms with Crippen LogP contribution in [0.1, 0.15) is 0 Å². The zero-order valence-electron chi connectivity index (χ0n) is 8.77. The minimum atomic E-state index is -3.36. The van der Waals surface area contributed by atoms with E-state index >= 15 is 0 Å². The number of rotatable bonds is 4. The van der Waals surface area contributed by atoms with E-state index in [1.54, 1.807) is 19.0 Å². The van der Waals surface area contributed by atoms with Gasteiger partial charge in [0.2, 0.25) is 0 Å². The van der Waals surface area contributed by atoms with E-state index in [1.165, 1.54) is 18.2 Å². The first kappa shape index (κ1) is 12.1. The Labute approximate surface area is 89.4 Å². The van der Waals surface area contributed by atoms with Gasteiger partial charge in [-0.25, -0.2) is 12.8 Å². The third kappa shape index (κ3) is 3.60. The van der Waals surface area contributed by atoms with Crippen LogP contribution in [0.3, 0.4) is 0 Å². The molecule has 0 saturated heterocycles. The SMILES string of the molecule is CN(C)CCS(=O)(=O)c1cccc(F)c1. The Morgan fingerprint density at radius 2 is 2.00 bits per heavy atom. The fourth-order valence-corrected chi connectivity index (χ4v) is 2.50. The second kappa shape index (κ2) is 4.72. The number of hydrogen-bond acceptors (Lipinski definition) is 3. The summed E-state index contributed by atoms with van der Waals surface area (Å²) in [5.41, 5.74) is 0. The van der Waals surface area contributed by atoms with Crippen LogP contribution in [0.4, 0.5) is 4.39 Å². The summed E-state index contributed by atoms with van der Waals surface area (Å²) in [6, 6.07) is 5.09. The lowest BCUT2D eigenvalue weighted by Crippen LogP contribution is -2.22. The van der Waals surface area contributed by atoms with Crippen LogP contribution in [0.25, 0.3) is 0 Å². The molecule has 1 aromatic carbocycles. The molecule has 84 valence electrons. The van der Waals surface area contributed by atoms with Crippen molar-refractivity contribution < 1.29 is 12.8 Å². The van der Waals surface area contributed by atoms with Crippen molar-refractivity contribution in [2.75, 3.05) is 26.4 Å². The van der Waals surface area contributed by atoms with Gasteiger partial charge in [-0.15, -0.1) is 0 Å². The smallest absolute Gasteiger partial charge is 0.179 e. The summed E-state index contributed by atoms with van der Waals surface area (Å²) < 4.78 is 36.2. The number of halogens is 1. The van der Waals surface area contributed by atoms with Crippen LogP contribution >= 0.6 is 0 Å². The molecule has 0 bridgehead atoms. The predicted molar refractivity (Wildman–Crippen MR) is 57.0 cm³/mol. The lowest BCUT2D eigenvalue weighted by atomic mass is 10.4. The first-order valence-electron chi connectivity index (χ1n) is 4.55. The number of sulfone groups is 1. The first-order valence-corrected chi connectivity index (χ1v) is 6.20. The largest absolute Gasteiger partial charge is 0.308 e. The molecule has 0 N–H and O–H groups in total. The Morgan fingerprint density at radius 1 is 1.33 bits per heavy atom. The fraction of sp³-hybridized carbons (Fsp3) is 0.400. The highest BCUT2D eigenvalue weighted by Crippen LogP contribution is 2.12. The molecule has 1 rings (SSSR count). The Hall–Kier alpha value is -0.940. The lowest BCUT2D eigenvalue weighted by Gasteiger charge is -2.09. The molecular formula is C10H14FNO2S. The van der Waals surface area contributed by atoms with Crippen molar-refractivity contribution in [1.29, 1.82) is 0 Å². The van der Waals surface area contributed by atoms with Crippen molar-refractivity contribution >= 4 is 9.84 Å². The Kier molecular flexibility index (Phi) is 3.82.